The molecule has 0 saturated carbocycles. The van der Waals surface area contributed by atoms with Crippen molar-refractivity contribution in [2.45, 2.75) is 11.7 Å². The lowest BCUT2D eigenvalue weighted by molar-refractivity contribution is 0.353. The number of anilines is 1. The third-order valence-electron chi connectivity index (χ3n) is 4.38. The lowest BCUT2D eigenvalue weighted by Crippen LogP contribution is -2.12. The summed E-state index contributed by atoms with van der Waals surface area (Å²) in [6.45, 7) is 1.37. The fourth-order valence-corrected chi connectivity index (χ4v) is 3.70. The van der Waals surface area contributed by atoms with E-state index in [0.29, 0.717) is 24.7 Å². The van der Waals surface area contributed by atoms with E-state index in [1.807, 2.05) is 18.3 Å². The van der Waals surface area contributed by atoms with Crippen LogP contribution in [0, 0.1) is 5.95 Å². The summed E-state index contributed by atoms with van der Waals surface area (Å²) in [6.07, 6.45) is 7.73. The van der Waals surface area contributed by atoms with Crippen molar-refractivity contribution in [2.24, 2.45) is 0 Å². The van der Waals surface area contributed by atoms with Gasteiger partial charge in [0, 0.05) is 42.6 Å². The molecule has 138 valence electrons. The number of hydrogen-bond acceptors (Lipinski definition) is 7. The second kappa shape index (κ2) is 7.87. The average molecular weight is 383 g/mol. The molecule has 0 radical (unpaired) electrons. The van der Waals surface area contributed by atoms with Crippen LogP contribution in [0.15, 0.2) is 43.0 Å². The number of thioether (sulfide) groups is 1. The van der Waals surface area contributed by atoms with Gasteiger partial charge >= 0.3 is 0 Å². The molecule has 4 rings (SSSR count). The van der Waals surface area contributed by atoms with Crippen molar-refractivity contribution in [1.82, 2.24) is 19.9 Å². The summed E-state index contributed by atoms with van der Waals surface area (Å²) in [5, 5.41) is 3.56. The molecule has 0 aromatic carbocycles. The van der Waals surface area contributed by atoms with Crippen molar-refractivity contribution < 1.29 is 9.13 Å². The first-order valence-electron chi connectivity index (χ1n) is 8.56. The van der Waals surface area contributed by atoms with Gasteiger partial charge in [0.15, 0.2) is 0 Å². The van der Waals surface area contributed by atoms with Gasteiger partial charge in [-0.2, -0.15) is 16.2 Å². The summed E-state index contributed by atoms with van der Waals surface area (Å²) < 4.78 is 18.8. The third kappa shape index (κ3) is 3.85. The van der Waals surface area contributed by atoms with Crippen LogP contribution < -0.4 is 10.1 Å². The van der Waals surface area contributed by atoms with Crippen molar-refractivity contribution >= 4 is 17.6 Å². The summed E-state index contributed by atoms with van der Waals surface area (Å²) in [5.74, 6) is 1.11. The van der Waals surface area contributed by atoms with E-state index in [1.54, 1.807) is 17.8 Å². The fraction of sp³-hybridized carbons (Fsp3) is 0.263. The molecule has 1 unspecified atom stereocenters. The first-order chi connectivity index (χ1) is 13.2. The van der Waals surface area contributed by atoms with Crippen LogP contribution in [0.1, 0.15) is 16.5 Å². The summed E-state index contributed by atoms with van der Waals surface area (Å²) in [5.41, 5.74) is 3.60. The maximum absolute atomic E-state index is 13.0. The van der Waals surface area contributed by atoms with Crippen LogP contribution in [0.3, 0.4) is 0 Å². The van der Waals surface area contributed by atoms with Gasteiger partial charge in [0.2, 0.25) is 5.95 Å². The molecule has 27 heavy (non-hydrogen) atoms. The molecular formula is C19H18FN5OS. The van der Waals surface area contributed by atoms with E-state index >= 15 is 0 Å². The minimum absolute atomic E-state index is 0.200. The van der Waals surface area contributed by atoms with E-state index in [1.165, 1.54) is 18.6 Å². The number of ether oxygens (including phenoxy) is 1. The standard InChI is InChI=1S/C19H18FN5OS/c1-27-16(13-4-6-21-14-5-7-26-19(13)14)10-23-18-8-15(24-11-25-18)12-2-3-17(20)22-9-12/h2-4,6,8-9,11,16H,5,7,10H2,1H3,(H,23,24,25). The van der Waals surface area contributed by atoms with E-state index in [2.05, 4.69) is 31.5 Å². The second-order valence-corrected chi connectivity index (χ2v) is 7.08. The zero-order chi connectivity index (χ0) is 18.6. The Balaban J connectivity index is 1.50. The minimum Gasteiger partial charge on any atom is -0.491 e. The second-order valence-electron chi connectivity index (χ2n) is 6.04. The smallest absolute Gasteiger partial charge is 0.212 e. The summed E-state index contributed by atoms with van der Waals surface area (Å²) in [6, 6.07) is 6.82. The van der Waals surface area contributed by atoms with Crippen LogP contribution in [-0.2, 0) is 6.42 Å². The van der Waals surface area contributed by atoms with Crippen LogP contribution in [-0.4, -0.2) is 39.3 Å². The number of fused-ring (bicyclic) bond motifs is 1. The van der Waals surface area contributed by atoms with E-state index in [4.69, 9.17) is 4.74 Å². The van der Waals surface area contributed by atoms with E-state index < -0.39 is 5.95 Å². The maximum Gasteiger partial charge on any atom is 0.212 e. The molecule has 1 atom stereocenters. The maximum atomic E-state index is 13.0. The lowest BCUT2D eigenvalue weighted by atomic mass is 10.1. The number of aromatic nitrogens is 4. The third-order valence-corrected chi connectivity index (χ3v) is 5.37. The molecule has 1 aliphatic rings. The largest absolute Gasteiger partial charge is 0.491 e. The normalized spacial score (nSPS) is 13.7. The number of rotatable bonds is 6. The molecule has 8 heteroatoms. The number of hydrogen-bond donors (Lipinski definition) is 1. The van der Waals surface area contributed by atoms with Crippen LogP contribution in [0.5, 0.6) is 5.75 Å². The molecule has 0 amide bonds. The molecule has 3 aromatic heterocycles. The van der Waals surface area contributed by atoms with Gasteiger partial charge in [-0.15, -0.1) is 0 Å². The van der Waals surface area contributed by atoms with Gasteiger partial charge in [-0.25, -0.2) is 15.0 Å². The molecule has 6 nitrogen and oxygen atoms in total. The van der Waals surface area contributed by atoms with Crippen LogP contribution in [0.4, 0.5) is 10.2 Å². The Bertz CT molecular complexity index is 938. The summed E-state index contributed by atoms with van der Waals surface area (Å²) in [4.78, 5) is 16.6. The van der Waals surface area contributed by atoms with Gasteiger partial charge in [0.1, 0.15) is 17.9 Å². The predicted molar refractivity (Wildman–Crippen MR) is 103 cm³/mol. The number of nitrogens with zero attached hydrogens (tertiary/aromatic N) is 4. The SMILES string of the molecule is CSC(CNc1cc(-c2ccc(F)nc2)ncn1)c1ccnc2c1OCC2. The van der Waals surface area contributed by atoms with Crippen molar-refractivity contribution in [1.29, 1.82) is 0 Å². The first-order valence-corrected chi connectivity index (χ1v) is 9.84. The highest BCUT2D eigenvalue weighted by atomic mass is 32.2. The summed E-state index contributed by atoms with van der Waals surface area (Å²) >= 11 is 1.75. The highest BCUT2D eigenvalue weighted by molar-refractivity contribution is 7.98. The van der Waals surface area contributed by atoms with E-state index in [9.17, 15) is 4.39 Å². The van der Waals surface area contributed by atoms with Crippen molar-refractivity contribution in [2.75, 3.05) is 24.7 Å². The molecular weight excluding hydrogens is 365 g/mol. The zero-order valence-electron chi connectivity index (χ0n) is 14.7. The number of pyridine rings is 2. The summed E-state index contributed by atoms with van der Waals surface area (Å²) in [7, 11) is 0. The van der Waals surface area contributed by atoms with Crippen molar-refractivity contribution in [3.8, 4) is 17.0 Å². The van der Waals surface area contributed by atoms with Crippen molar-refractivity contribution in [3.63, 3.8) is 0 Å². The monoisotopic (exact) mass is 383 g/mol. The Hall–Kier alpha value is -2.74. The Labute approximate surface area is 160 Å². The van der Waals surface area contributed by atoms with E-state index in [-0.39, 0.29) is 5.25 Å². The fourth-order valence-electron chi connectivity index (χ4n) is 3.01. The molecule has 0 fully saturated rings. The van der Waals surface area contributed by atoms with Gasteiger partial charge in [0.25, 0.3) is 0 Å². The van der Waals surface area contributed by atoms with Gasteiger partial charge in [-0.1, -0.05) is 0 Å². The zero-order valence-corrected chi connectivity index (χ0v) is 15.5. The highest BCUT2D eigenvalue weighted by Gasteiger charge is 2.22. The Kier molecular flexibility index (Phi) is 5.15. The van der Waals surface area contributed by atoms with Gasteiger partial charge in [-0.05, 0) is 24.5 Å². The molecule has 0 aliphatic carbocycles. The van der Waals surface area contributed by atoms with Crippen LogP contribution in [0.2, 0.25) is 0 Å². The molecule has 1 aliphatic heterocycles. The van der Waals surface area contributed by atoms with E-state index in [0.717, 1.165) is 29.0 Å². The molecule has 4 heterocycles. The van der Waals surface area contributed by atoms with Crippen LogP contribution >= 0.6 is 11.8 Å². The van der Waals surface area contributed by atoms with Crippen molar-refractivity contribution in [3.05, 3.63) is 60.2 Å². The van der Waals surface area contributed by atoms with Crippen LogP contribution in [0.25, 0.3) is 11.3 Å². The highest BCUT2D eigenvalue weighted by Crippen LogP contribution is 2.37. The molecule has 1 N–H and O–H groups in total. The predicted octanol–water partition coefficient (Wildman–Crippen LogP) is 3.52. The molecule has 0 bridgehead atoms. The number of halogens is 1. The van der Waals surface area contributed by atoms with Gasteiger partial charge in [0.05, 0.1) is 23.2 Å². The quantitative estimate of drug-likeness (QED) is 0.653. The first kappa shape index (κ1) is 17.7. The molecule has 3 aromatic rings. The lowest BCUT2D eigenvalue weighted by Gasteiger charge is -2.18. The molecule has 0 spiro atoms. The Morgan fingerprint density at radius 3 is 2.96 bits per heavy atom. The number of nitrogens with one attached hydrogen (secondary N) is 1. The Morgan fingerprint density at radius 1 is 1.22 bits per heavy atom. The minimum atomic E-state index is -0.513. The van der Waals surface area contributed by atoms with Gasteiger partial charge in [-0.3, -0.25) is 4.98 Å². The molecule has 0 saturated heterocycles. The topological polar surface area (TPSA) is 72.8 Å². The average Bonchev–Trinajstić information content (AvgIpc) is 3.19. The Morgan fingerprint density at radius 2 is 2.15 bits per heavy atom. The van der Waals surface area contributed by atoms with Gasteiger partial charge < -0.3 is 10.1 Å².